The van der Waals surface area contributed by atoms with Crippen LogP contribution < -0.4 is 20.7 Å². The number of amides is 5. The third-order valence-electron chi connectivity index (χ3n) is 9.33. The number of sulfonamides is 1. The van der Waals surface area contributed by atoms with Crippen molar-refractivity contribution < 1.29 is 37.1 Å². The lowest BCUT2D eigenvalue weighted by atomic mass is 10.0. The molecular weight excluding hydrogens is 712 g/mol. The van der Waals surface area contributed by atoms with Crippen molar-refractivity contribution in [3.63, 3.8) is 0 Å². The van der Waals surface area contributed by atoms with Crippen LogP contribution in [0.4, 0.5) is 10.5 Å². The molecule has 5 rings (SSSR count). The summed E-state index contributed by atoms with van der Waals surface area (Å²) < 4.78 is 34.6. The van der Waals surface area contributed by atoms with Crippen LogP contribution in [-0.2, 0) is 35.6 Å². The summed E-state index contributed by atoms with van der Waals surface area (Å²) in [4.78, 5) is 71.1. The van der Waals surface area contributed by atoms with Crippen molar-refractivity contribution >= 4 is 57.0 Å². The van der Waals surface area contributed by atoms with E-state index >= 15 is 0 Å². The smallest absolute Gasteiger partial charge is 0.408 e. The fourth-order valence-electron chi connectivity index (χ4n) is 6.49. The van der Waals surface area contributed by atoms with Gasteiger partial charge < -0.3 is 30.5 Å². The van der Waals surface area contributed by atoms with Crippen LogP contribution in [0.5, 0.6) is 0 Å². The van der Waals surface area contributed by atoms with Gasteiger partial charge in [0.25, 0.3) is 21.8 Å². The molecule has 4 N–H and O–H groups in total. The molecule has 5 amide bonds. The standard InChI is InChI=1S/C36H45ClN6O8S/c1-7-24-19-36(24,33(47)41-52(49,50)27-10-8-9-22-15-16-38-29(22)27)40-30(44)26-20-42(17-18-43(26)31(45)23-11-13-25(37)14-12-23)32(46)28(21(2)3)39-34(48)51-35(4,5)6/h7-14,21,24,26,28,38H,1,15-20H2,2-6H3,(H,39,48)(H,40,44)(H,41,47)/t24-,26-,28+,36-/m1/s1. The van der Waals surface area contributed by atoms with E-state index in [4.69, 9.17) is 16.3 Å². The number of para-hydroxylation sites is 1. The zero-order chi connectivity index (χ0) is 38.2. The lowest BCUT2D eigenvalue weighted by Crippen LogP contribution is -2.65. The highest BCUT2D eigenvalue weighted by atomic mass is 35.5. The first kappa shape index (κ1) is 38.6. The van der Waals surface area contributed by atoms with Crippen LogP contribution in [0.1, 0.15) is 57.0 Å². The quantitative estimate of drug-likeness (QED) is 0.265. The van der Waals surface area contributed by atoms with Gasteiger partial charge in [-0.3, -0.25) is 19.2 Å². The Labute approximate surface area is 308 Å². The van der Waals surface area contributed by atoms with E-state index in [9.17, 15) is 32.4 Å². The average molecular weight is 757 g/mol. The summed E-state index contributed by atoms with van der Waals surface area (Å²) in [7, 11) is -4.36. The monoisotopic (exact) mass is 756 g/mol. The number of hydrogen-bond acceptors (Lipinski definition) is 9. The lowest BCUT2D eigenvalue weighted by molar-refractivity contribution is -0.141. The third kappa shape index (κ3) is 8.20. The average Bonchev–Trinajstić information content (AvgIpc) is 3.58. The Morgan fingerprint density at radius 1 is 1.08 bits per heavy atom. The van der Waals surface area contributed by atoms with Gasteiger partial charge in [-0.25, -0.2) is 17.9 Å². The zero-order valence-corrected chi connectivity index (χ0v) is 31.4. The van der Waals surface area contributed by atoms with E-state index in [0.717, 1.165) is 5.56 Å². The number of benzene rings is 2. The number of ether oxygens (including phenoxy) is 1. The Hall–Kier alpha value is -4.63. The number of carbonyl (C=O) groups excluding carboxylic acids is 5. The van der Waals surface area contributed by atoms with Gasteiger partial charge in [0.1, 0.15) is 28.1 Å². The number of halogens is 1. The minimum absolute atomic E-state index is 0.0374. The molecule has 2 aliphatic heterocycles. The molecule has 0 bridgehead atoms. The molecule has 0 radical (unpaired) electrons. The minimum Gasteiger partial charge on any atom is -0.444 e. The van der Waals surface area contributed by atoms with Crippen molar-refractivity contribution in [1.29, 1.82) is 0 Å². The molecule has 0 aromatic heterocycles. The van der Waals surface area contributed by atoms with Crippen LogP contribution >= 0.6 is 11.6 Å². The van der Waals surface area contributed by atoms with Crippen LogP contribution in [0, 0.1) is 11.8 Å². The number of rotatable bonds is 10. The topological polar surface area (TPSA) is 183 Å². The Kier molecular flexibility index (Phi) is 11.0. The maximum atomic E-state index is 14.3. The van der Waals surface area contributed by atoms with Gasteiger partial charge in [0.05, 0.1) is 12.2 Å². The van der Waals surface area contributed by atoms with Crippen molar-refractivity contribution in [1.82, 2.24) is 25.2 Å². The van der Waals surface area contributed by atoms with Gasteiger partial charge >= 0.3 is 6.09 Å². The molecule has 2 heterocycles. The first-order valence-electron chi connectivity index (χ1n) is 17.1. The van der Waals surface area contributed by atoms with E-state index in [1.807, 2.05) is 0 Å². The van der Waals surface area contributed by atoms with Crippen molar-refractivity contribution in [2.24, 2.45) is 11.8 Å². The molecule has 16 heteroatoms. The van der Waals surface area contributed by atoms with Crippen molar-refractivity contribution in [3.8, 4) is 0 Å². The Balaban J connectivity index is 1.41. The van der Waals surface area contributed by atoms with E-state index in [0.29, 0.717) is 23.7 Å². The molecule has 52 heavy (non-hydrogen) atoms. The van der Waals surface area contributed by atoms with E-state index in [1.165, 1.54) is 46.2 Å². The fraction of sp³-hybridized carbons (Fsp3) is 0.472. The summed E-state index contributed by atoms with van der Waals surface area (Å²) in [6.45, 7) is 12.6. The van der Waals surface area contributed by atoms with Crippen LogP contribution in [0.2, 0.25) is 5.02 Å². The lowest BCUT2D eigenvalue weighted by Gasteiger charge is -2.42. The molecule has 2 fully saturated rings. The van der Waals surface area contributed by atoms with Crippen LogP contribution in [0.15, 0.2) is 60.0 Å². The predicted octanol–water partition coefficient (Wildman–Crippen LogP) is 3.08. The largest absolute Gasteiger partial charge is 0.444 e. The van der Waals surface area contributed by atoms with Gasteiger partial charge in [-0.1, -0.05) is 43.7 Å². The number of nitrogens with one attached hydrogen (secondary N) is 4. The summed E-state index contributed by atoms with van der Waals surface area (Å²) in [6, 6.07) is 8.59. The predicted molar refractivity (Wildman–Crippen MR) is 194 cm³/mol. The molecule has 4 atom stereocenters. The SMILES string of the molecule is C=C[C@@H]1C[C@]1(NC(=O)[C@H]1CN(C(=O)[C@@H](NC(=O)OC(C)(C)C)C(C)C)CCN1C(=O)c1ccc(Cl)cc1)C(=O)NS(=O)(=O)c1cccc2c1NCC2. The third-order valence-corrected chi connectivity index (χ3v) is 11.0. The van der Waals surface area contributed by atoms with Gasteiger partial charge in [-0.2, -0.15) is 0 Å². The van der Waals surface area contributed by atoms with E-state index in [1.54, 1.807) is 46.8 Å². The number of carbonyl (C=O) groups is 5. The maximum absolute atomic E-state index is 14.3. The number of hydrogen-bond donors (Lipinski definition) is 4. The molecule has 3 aliphatic rings. The van der Waals surface area contributed by atoms with Gasteiger partial charge in [-0.15, -0.1) is 6.58 Å². The Bertz CT molecular complexity index is 1880. The fourth-order valence-corrected chi connectivity index (χ4v) is 7.88. The zero-order valence-electron chi connectivity index (χ0n) is 29.8. The van der Waals surface area contributed by atoms with E-state index < -0.39 is 68.9 Å². The highest BCUT2D eigenvalue weighted by Gasteiger charge is 2.61. The molecule has 280 valence electrons. The van der Waals surface area contributed by atoms with Gasteiger partial charge in [-0.05, 0) is 75.4 Å². The number of anilines is 1. The molecule has 14 nitrogen and oxygen atoms in total. The minimum atomic E-state index is -4.36. The van der Waals surface area contributed by atoms with Crippen molar-refractivity contribution in [2.45, 2.75) is 75.6 Å². The molecule has 0 unspecified atom stereocenters. The number of fused-ring (bicyclic) bond motifs is 1. The Morgan fingerprint density at radius 2 is 1.77 bits per heavy atom. The number of nitrogens with zero attached hydrogens (tertiary/aromatic N) is 2. The second kappa shape index (κ2) is 14.8. The molecule has 2 aromatic carbocycles. The molecule has 0 spiro atoms. The first-order valence-corrected chi connectivity index (χ1v) is 19.0. The second-order valence-electron chi connectivity index (χ2n) is 14.6. The maximum Gasteiger partial charge on any atom is 0.408 e. The van der Waals surface area contributed by atoms with Crippen LogP contribution in [0.25, 0.3) is 0 Å². The summed E-state index contributed by atoms with van der Waals surface area (Å²) in [5.41, 5.74) is -1.03. The highest BCUT2D eigenvalue weighted by Crippen LogP contribution is 2.45. The van der Waals surface area contributed by atoms with Gasteiger partial charge in [0.2, 0.25) is 11.8 Å². The van der Waals surface area contributed by atoms with E-state index in [-0.39, 0.29) is 42.4 Å². The first-order chi connectivity index (χ1) is 24.4. The van der Waals surface area contributed by atoms with Crippen molar-refractivity contribution in [2.75, 3.05) is 31.5 Å². The second-order valence-corrected chi connectivity index (χ2v) is 16.7. The molecule has 1 saturated heterocycles. The van der Waals surface area contributed by atoms with Gasteiger partial charge in [0.15, 0.2) is 0 Å². The number of piperazine rings is 1. The van der Waals surface area contributed by atoms with Crippen LogP contribution in [0.3, 0.4) is 0 Å². The molecular formula is C36H45ClN6O8S. The highest BCUT2D eigenvalue weighted by molar-refractivity contribution is 7.90. The van der Waals surface area contributed by atoms with Crippen LogP contribution in [-0.4, -0.2) is 97.3 Å². The van der Waals surface area contributed by atoms with Crippen molar-refractivity contribution in [3.05, 3.63) is 71.3 Å². The van der Waals surface area contributed by atoms with Gasteiger partial charge in [0, 0.05) is 36.1 Å². The molecule has 1 aliphatic carbocycles. The molecule has 1 saturated carbocycles. The number of alkyl carbamates (subject to hydrolysis) is 1. The summed E-state index contributed by atoms with van der Waals surface area (Å²) in [5.74, 6) is -3.72. The van der Waals surface area contributed by atoms with E-state index in [2.05, 4.69) is 27.3 Å². The molecule has 2 aromatic rings. The Morgan fingerprint density at radius 3 is 2.38 bits per heavy atom. The normalized spacial score (nSPS) is 21.7. The summed E-state index contributed by atoms with van der Waals surface area (Å²) in [5, 5.41) is 8.83. The summed E-state index contributed by atoms with van der Waals surface area (Å²) >= 11 is 6.05. The summed E-state index contributed by atoms with van der Waals surface area (Å²) in [6.07, 6.45) is 1.36.